The molecule has 0 aliphatic carbocycles. The molecule has 2 heteroatoms. The van der Waals surface area contributed by atoms with Crippen LogP contribution in [-0.2, 0) is 0 Å². The molecule has 0 aromatic rings. The summed E-state index contributed by atoms with van der Waals surface area (Å²) in [6, 6.07) is 0. The van der Waals surface area contributed by atoms with Crippen molar-refractivity contribution in [2.45, 2.75) is 13.2 Å². The van der Waals surface area contributed by atoms with Gasteiger partial charge in [0.15, 0.2) is 0 Å². The first-order chi connectivity index (χ1) is 1.41. The Labute approximate surface area is 50.7 Å². The van der Waals surface area contributed by atoms with Crippen LogP contribution in [0.1, 0.15) is 6.92 Å². The molecule has 0 saturated carbocycles. The SMILES string of the molecule is [B-]CC.[Na+]. The smallest absolute Gasteiger partial charge is 0.626 e. The fourth-order valence-electron chi connectivity index (χ4n) is 0. The van der Waals surface area contributed by atoms with Crippen molar-refractivity contribution in [3.05, 3.63) is 0 Å². The molecule has 0 aromatic heterocycles. The van der Waals surface area contributed by atoms with Crippen LogP contribution in [0.25, 0.3) is 0 Å². The van der Waals surface area contributed by atoms with Crippen molar-refractivity contribution in [3.63, 3.8) is 0 Å². The average molecular weight is 62.9 g/mol. The third kappa shape index (κ3) is 11.5. The van der Waals surface area contributed by atoms with Gasteiger partial charge in [0.2, 0.25) is 0 Å². The molecule has 0 unspecified atom stereocenters. The molecular formula is C2H5BNa. The summed E-state index contributed by atoms with van der Waals surface area (Å²) in [5, 5.41) is 0. The third-order valence-corrected chi connectivity index (χ3v) is 0. The molecule has 0 fully saturated rings. The zero-order chi connectivity index (χ0) is 2.71. The van der Waals surface area contributed by atoms with Gasteiger partial charge < -0.3 is 7.85 Å². The summed E-state index contributed by atoms with van der Waals surface area (Å²) >= 11 is 0. The van der Waals surface area contributed by atoms with Crippen LogP contribution in [0.15, 0.2) is 0 Å². The molecule has 4 heavy (non-hydrogen) atoms. The molecule has 0 spiro atoms. The molecule has 17 valence electrons. The molecule has 0 amide bonds. The standard InChI is InChI=1S/C2H5B.Na/c1-2-3;/h2H2,1H3;/q-1;+1. The monoisotopic (exact) mass is 63.0 g/mol. The van der Waals surface area contributed by atoms with Crippen LogP contribution >= 0.6 is 0 Å². The number of hydrogen-bond acceptors (Lipinski definition) is 0. The zero-order valence-electron chi connectivity index (χ0n) is 3.28. The quantitative estimate of drug-likeness (QED) is 0.275. The summed E-state index contributed by atoms with van der Waals surface area (Å²) in [7, 11) is 4.85. The van der Waals surface area contributed by atoms with Crippen LogP contribution in [0, 0.1) is 0 Å². The largest absolute Gasteiger partial charge is 1.00 e. The van der Waals surface area contributed by atoms with Gasteiger partial charge in [-0.1, -0.05) is 0 Å². The molecule has 0 rings (SSSR count). The molecule has 0 bridgehead atoms. The normalized spacial score (nSPS) is 4.50. The summed E-state index contributed by atoms with van der Waals surface area (Å²) in [5.41, 5.74) is 0. The van der Waals surface area contributed by atoms with Gasteiger partial charge in [-0.25, -0.2) is 0 Å². The van der Waals surface area contributed by atoms with Gasteiger partial charge in [0.1, 0.15) is 0 Å². The van der Waals surface area contributed by atoms with E-state index in [-0.39, 0.29) is 29.6 Å². The Hall–Kier alpha value is 1.06. The van der Waals surface area contributed by atoms with Crippen LogP contribution in [-0.4, -0.2) is 7.85 Å². The molecule has 0 aromatic carbocycles. The second-order valence-electron chi connectivity index (χ2n) is 0.408. The van der Waals surface area contributed by atoms with Gasteiger partial charge >= 0.3 is 29.6 Å². The minimum Gasteiger partial charge on any atom is -0.626 e. The molecule has 0 heterocycles. The molecule has 0 aliphatic rings. The Morgan fingerprint density at radius 2 is 1.75 bits per heavy atom. The predicted octanol–water partition coefficient (Wildman–Crippen LogP) is -2.40. The van der Waals surface area contributed by atoms with Gasteiger partial charge in [-0.3, -0.25) is 6.32 Å². The molecular weight excluding hydrogens is 57.8 g/mol. The minimum atomic E-state index is 0. The van der Waals surface area contributed by atoms with E-state index >= 15 is 0 Å². The molecule has 0 saturated heterocycles. The van der Waals surface area contributed by atoms with Crippen molar-refractivity contribution < 1.29 is 29.6 Å². The van der Waals surface area contributed by atoms with E-state index in [1.165, 1.54) is 0 Å². The van der Waals surface area contributed by atoms with Crippen molar-refractivity contribution in [2.24, 2.45) is 0 Å². The second kappa shape index (κ2) is 8.96. The second-order valence-corrected chi connectivity index (χ2v) is 0.408. The molecule has 0 nitrogen and oxygen atoms in total. The maximum Gasteiger partial charge on any atom is 1.00 e. The summed E-state index contributed by atoms with van der Waals surface area (Å²) in [4.78, 5) is 0. The van der Waals surface area contributed by atoms with Gasteiger partial charge in [0, 0.05) is 0 Å². The Kier molecular flexibility index (Phi) is 19.9. The topological polar surface area (TPSA) is 0 Å². The fraction of sp³-hybridized carbons (Fsp3) is 1.00. The van der Waals surface area contributed by atoms with Crippen LogP contribution in [0.4, 0.5) is 0 Å². The number of rotatable bonds is 0. The maximum atomic E-state index is 4.85. The van der Waals surface area contributed by atoms with Gasteiger partial charge in [-0.2, -0.15) is 0 Å². The fourth-order valence-corrected chi connectivity index (χ4v) is 0. The average Bonchev–Trinajstić information content (AvgIpc) is 0.918. The molecule has 0 N–H and O–H groups in total. The van der Waals surface area contributed by atoms with E-state index in [2.05, 4.69) is 0 Å². The Balaban J connectivity index is 0. The Bertz CT molecular complexity index is 6.00. The molecule has 0 atom stereocenters. The van der Waals surface area contributed by atoms with Gasteiger partial charge in [0.25, 0.3) is 0 Å². The van der Waals surface area contributed by atoms with Crippen LogP contribution in [0.2, 0.25) is 6.32 Å². The van der Waals surface area contributed by atoms with Crippen molar-refractivity contribution in [2.75, 3.05) is 0 Å². The van der Waals surface area contributed by atoms with Crippen molar-refractivity contribution in [1.82, 2.24) is 0 Å². The van der Waals surface area contributed by atoms with Gasteiger partial charge in [0.05, 0.1) is 0 Å². The van der Waals surface area contributed by atoms with E-state index in [0.717, 1.165) is 6.32 Å². The summed E-state index contributed by atoms with van der Waals surface area (Å²) < 4.78 is 0. The van der Waals surface area contributed by atoms with E-state index in [4.69, 9.17) is 7.85 Å². The van der Waals surface area contributed by atoms with Crippen LogP contribution < -0.4 is 29.6 Å². The summed E-state index contributed by atoms with van der Waals surface area (Å²) in [6.45, 7) is 1.90. The first-order valence-corrected chi connectivity index (χ1v) is 1.12. The van der Waals surface area contributed by atoms with E-state index in [9.17, 15) is 0 Å². The minimum absolute atomic E-state index is 0. The predicted molar refractivity (Wildman–Crippen MR) is 16.2 cm³/mol. The summed E-state index contributed by atoms with van der Waals surface area (Å²) in [6.07, 6.45) is 0.750. The van der Waals surface area contributed by atoms with Crippen LogP contribution in [0.3, 0.4) is 0 Å². The maximum absolute atomic E-state index is 4.85. The van der Waals surface area contributed by atoms with E-state index < -0.39 is 0 Å². The number of hydrogen-bond donors (Lipinski definition) is 0. The van der Waals surface area contributed by atoms with Crippen molar-refractivity contribution in [1.29, 1.82) is 0 Å². The van der Waals surface area contributed by atoms with E-state index in [0.29, 0.717) is 0 Å². The Morgan fingerprint density at radius 1 is 1.75 bits per heavy atom. The Morgan fingerprint density at radius 3 is 1.75 bits per heavy atom. The zero-order valence-corrected chi connectivity index (χ0v) is 5.28. The van der Waals surface area contributed by atoms with Crippen LogP contribution in [0.5, 0.6) is 0 Å². The molecule has 0 aliphatic heterocycles. The van der Waals surface area contributed by atoms with Crippen molar-refractivity contribution >= 4 is 7.85 Å². The van der Waals surface area contributed by atoms with E-state index in [1.54, 1.807) is 0 Å². The molecule has 3 radical (unpaired) electrons. The van der Waals surface area contributed by atoms with Gasteiger partial charge in [-0.15, -0.1) is 6.92 Å². The van der Waals surface area contributed by atoms with Gasteiger partial charge in [-0.05, 0) is 0 Å². The van der Waals surface area contributed by atoms with E-state index in [1.807, 2.05) is 6.92 Å². The first-order valence-electron chi connectivity index (χ1n) is 1.12. The third-order valence-electron chi connectivity index (χ3n) is 0. The summed E-state index contributed by atoms with van der Waals surface area (Å²) in [5.74, 6) is 0. The first kappa shape index (κ1) is 8.91. The van der Waals surface area contributed by atoms with Crippen molar-refractivity contribution in [3.8, 4) is 0 Å².